The first kappa shape index (κ1) is 29.8. The van der Waals surface area contributed by atoms with Crippen LogP contribution in [0.1, 0.15) is 64.3 Å². The highest BCUT2D eigenvalue weighted by atomic mass is 16.6. The number of amides is 3. The average Bonchev–Trinajstić information content (AvgIpc) is 2.80. The van der Waals surface area contributed by atoms with Crippen molar-refractivity contribution < 1.29 is 24.2 Å². The molecule has 0 aromatic heterocycles. The number of hydrogen-bond acceptors (Lipinski definition) is 5. The minimum atomic E-state index is -1.28. The van der Waals surface area contributed by atoms with Gasteiger partial charge in [-0.3, -0.25) is 14.5 Å². The highest BCUT2D eigenvalue weighted by Gasteiger charge is 2.38. The third-order valence-electron chi connectivity index (χ3n) is 5.16. The molecule has 0 aliphatic heterocycles. The molecule has 8 nitrogen and oxygen atoms in total. The van der Waals surface area contributed by atoms with E-state index in [-0.39, 0.29) is 12.2 Å². The lowest BCUT2D eigenvalue weighted by Crippen LogP contribution is -2.54. The third kappa shape index (κ3) is 8.60. The second kappa shape index (κ2) is 12.2. The maximum Gasteiger partial charge on any atom is 0.408 e. The maximum absolute atomic E-state index is 14.0. The standard InChI is InChI=1S/C30H35N3O5/c1-9-21-13-11-12-14-23(21)25(26(35)32-29(3,4)5)33(10-2)27(36)24(31-28(37)38-30(6,7)8)19-20-15-17-22(34)18-16-20/h1-2,11-18,24-25,34H,19H2,3-8H3,(H,31,37)(H,32,35). The minimum Gasteiger partial charge on any atom is -0.508 e. The van der Waals surface area contributed by atoms with Crippen LogP contribution in [0.25, 0.3) is 0 Å². The van der Waals surface area contributed by atoms with Gasteiger partial charge < -0.3 is 20.5 Å². The molecule has 0 fully saturated rings. The largest absolute Gasteiger partial charge is 0.508 e. The van der Waals surface area contributed by atoms with Gasteiger partial charge in [0.05, 0.1) is 0 Å². The van der Waals surface area contributed by atoms with Crippen LogP contribution in [-0.2, 0) is 20.7 Å². The van der Waals surface area contributed by atoms with Gasteiger partial charge in [0.1, 0.15) is 23.4 Å². The van der Waals surface area contributed by atoms with Gasteiger partial charge in [-0.1, -0.05) is 42.7 Å². The van der Waals surface area contributed by atoms with Gasteiger partial charge in [-0.15, -0.1) is 6.42 Å². The zero-order valence-electron chi connectivity index (χ0n) is 22.7. The van der Waals surface area contributed by atoms with Crippen LogP contribution in [0.15, 0.2) is 48.5 Å². The van der Waals surface area contributed by atoms with Crippen molar-refractivity contribution in [1.82, 2.24) is 15.5 Å². The molecule has 2 atom stereocenters. The lowest BCUT2D eigenvalue weighted by atomic mass is 9.96. The number of phenols is 1. The van der Waals surface area contributed by atoms with Crippen LogP contribution in [-0.4, -0.2) is 45.1 Å². The number of hydrogen-bond donors (Lipinski definition) is 3. The highest BCUT2D eigenvalue weighted by Crippen LogP contribution is 2.26. The van der Waals surface area contributed by atoms with Crippen molar-refractivity contribution in [3.63, 3.8) is 0 Å². The molecule has 0 saturated heterocycles. The zero-order valence-corrected chi connectivity index (χ0v) is 22.7. The van der Waals surface area contributed by atoms with E-state index in [1.165, 1.54) is 12.1 Å². The Labute approximate surface area is 224 Å². The fourth-order valence-electron chi connectivity index (χ4n) is 3.65. The maximum atomic E-state index is 14.0. The summed E-state index contributed by atoms with van der Waals surface area (Å²) in [4.78, 5) is 41.1. The van der Waals surface area contributed by atoms with E-state index in [0.717, 1.165) is 4.90 Å². The van der Waals surface area contributed by atoms with Gasteiger partial charge in [0, 0.05) is 29.1 Å². The van der Waals surface area contributed by atoms with Crippen molar-refractivity contribution >= 4 is 17.9 Å². The Bertz CT molecular complexity index is 1240. The minimum absolute atomic E-state index is 0.0148. The van der Waals surface area contributed by atoms with Crippen molar-refractivity contribution in [3.8, 4) is 30.6 Å². The molecule has 3 amide bonds. The number of carbonyl (C=O) groups is 3. The number of phenolic OH excluding ortho intramolecular Hbond substituents is 1. The molecule has 0 aliphatic rings. The molecule has 0 bridgehead atoms. The molecule has 0 radical (unpaired) electrons. The summed E-state index contributed by atoms with van der Waals surface area (Å²) in [5, 5.41) is 15.1. The van der Waals surface area contributed by atoms with Crippen molar-refractivity contribution in [2.75, 3.05) is 0 Å². The lowest BCUT2D eigenvalue weighted by molar-refractivity contribution is -0.139. The molecule has 2 aromatic rings. The quantitative estimate of drug-likeness (QED) is 0.382. The molecular weight excluding hydrogens is 482 g/mol. The summed E-state index contributed by atoms with van der Waals surface area (Å²) in [6, 6.07) is 12.7. The average molecular weight is 518 g/mol. The number of nitrogens with zero attached hydrogens (tertiary/aromatic N) is 1. The van der Waals surface area contributed by atoms with Crippen LogP contribution in [0.3, 0.4) is 0 Å². The summed E-state index contributed by atoms with van der Waals surface area (Å²) in [6.45, 7) is 10.5. The SMILES string of the molecule is C#Cc1ccccc1C(C(=O)NC(C)(C)C)N(C#C)C(=O)C(Cc1ccc(O)cc1)NC(=O)OC(C)(C)C. The molecule has 2 aromatic carbocycles. The molecule has 2 rings (SSSR count). The monoisotopic (exact) mass is 517 g/mol. The topological polar surface area (TPSA) is 108 Å². The highest BCUT2D eigenvalue weighted by molar-refractivity contribution is 5.94. The van der Waals surface area contributed by atoms with Crippen LogP contribution in [0.2, 0.25) is 0 Å². The number of ether oxygens (including phenoxy) is 1. The third-order valence-corrected chi connectivity index (χ3v) is 5.16. The van der Waals surface area contributed by atoms with Crippen LogP contribution in [0, 0.1) is 24.8 Å². The second-order valence-electron chi connectivity index (χ2n) is 10.8. The molecule has 2 unspecified atom stereocenters. The number of terminal acetylenes is 2. The normalized spacial score (nSPS) is 12.7. The van der Waals surface area contributed by atoms with Crippen LogP contribution in [0.5, 0.6) is 5.75 Å². The molecule has 0 spiro atoms. The van der Waals surface area contributed by atoms with Crippen LogP contribution >= 0.6 is 0 Å². The van der Waals surface area contributed by atoms with Crippen molar-refractivity contribution in [3.05, 3.63) is 65.2 Å². The van der Waals surface area contributed by atoms with Gasteiger partial charge in [-0.2, -0.15) is 0 Å². The molecular formula is C30H35N3O5. The van der Waals surface area contributed by atoms with Gasteiger partial charge in [-0.25, -0.2) is 4.79 Å². The van der Waals surface area contributed by atoms with Crippen LogP contribution < -0.4 is 10.6 Å². The van der Waals surface area contributed by atoms with Crippen LogP contribution in [0.4, 0.5) is 4.79 Å². The van der Waals surface area contributed by atoms with E-state index in [1.807, 2.05) is 0 Å². The predicted octanol–water partition coefficient (Wildman–Crippen LogP) is 3.88. The summed E-state index contributed by atoms with van der Waals surface area (Å²) in [5.41, 5.74) is -0.0605. The first-order chi connectivity index (χ1) is 17.6. The van der Waals surface area contributed by atoms with Gasteiger partial charge in [-0.05, 0) is 65.3 Å². The van der Waals surface area contributed by atoms with E-state index in [1.54, 1.807) is 77.9 Å². The molecule has 0 heterocycles. The van der Waals surface area contributed by atoms with Crippen molar-refractivity contribution in [2.24, 2.45) is 0 Å². The van der Waals surface area contributed by atoms with Crippen molar-refractivity contribution in [1.29, 1.82) is 0 Å². The summed E-state index contributed by atoms with van der Waals surface area (Å²) < 4.78 is 5.37. The summed E-state index contributed by atoms with van der Waals surface area (Å²) in [5.74, 6) is 1.34. The Morgan fingerprint density at radius 1 is 1.00 bits per heavy atom. The molecule has 0 saturated carbocycles. The van der Waals surface area contributed by atoms with E-state index in [2.05, 4.69) is 22.6 Å². The Morgan fingerprint density at radius 2 is 1.61 bits per heavy atom. The number of rotatable bonds is 7. The molecule has 8 heteroatoms. The van der Waals surface area contributed by atoms with E-state index >= 15 is 0 Å². The first-order valence-corrected chi connectivity index (χ1v) is 12.1. The summed E-state index contributed by atoms with van der Waals surface area (Å²) in [6.07, 6.45) is 10.7. The van der Waals surface area contributed by atoms with Gasteiger partial charge in [0.25, 0.3) is 5.91 Å². The number of carbonyl (C=O) groups excluding carboxylic acids is 3. The number of benzene rings is 2. The fourth-order valence-corrected chi connectivity index (χ4v) is 3.65. The van der Waals surface area contributed by atoms with E-state index < -0.39 is 41.1 Å². The zero-order chi connectivity index (χ0) is 28.7. The van der Waals surface area contributed by atoms with E-state index in [0.29, 0.717) is 16.7 Å². The Kier molecular flexibility index (Phi) is 9.57. The fraction of sp³-hybridized carbons (Fsp3) is 0.367. The molecule has 3 N–H and O–H groups in total. The van der Waals surface area contributed by atoms with Gasteiger partial charge in [0.15, 0.2) is 0 Å². The van der Waals surface area contributed by atoms with E-state index in [4.69, 9.17) is 17.6 Å². The summed E-state index contributed by atoms with van der Waals surface area (Å²) in [7, 11) is 0. The molecule has 38 heavy (non-hydrogen) atoms. The Morgan fingerprint density at radius 3 is 2.13 bits per heavy atom. The molecule has 0 aliphatic carbocycles. The number of nitrogens with one attached hydrogen (secondary N) is 2. The summed E-state index contributed by atoms with van der Waals surface area (Å²) >= 11 is 0. The Hall–Kier alpha value is -4.43. The smallest absolute Gasteiger partial charge is 0.408 e. The van der Waals surface area contributed by atoms with Gasteiger partial charge in [0.2, 0.25) is 5.91 Å². The second-order valence-corrected chi connectivity index (χ2v) is 10.8. The van der Waals surface area contributed by atoms with Gasteiger partial charge >= 0.3 is 6.09 Å². The number of aromatic hydroxyl groups is 1. The van der Waals surface area contributed by atoms with Crippen molar-refractivity contribution in [2.45, 2.75) is 71.2 Å². The lowest BCUT2D eigenvalue weighted by Gasteiger charge is -2.33. The first-order valence-electron chi connectivity index (χ1n) is 12.1. The molecule has 200 valence electrons. The predicted molar refractivity (Wildman–Crippen MR) is 146 cm³/mol. The van der Waals surface area contributed by atoms with E-state index in [9.17, 15) is 19.5 Å². The number of alkyl carbamates (subject to hydrolysis) is 1. The Balaban J connectivity index is 2.57.